The molecule has 3 nitrogen and oxygen atoms in total. The summed E-state index contributed by atoms with van der Waals surface area (Å²) >= 11 is 0. The molecule has 1 saturated heterocycles. The average molecular weight is 306 g/mol. The molecule has 2 N–H and O–H groups in total. The Kier molecular flexibility index (Phi) is 3.16. The molecule has 1 heterocycles. The smallest absolute Gasteiger partial charge is 0.0799 e. The van der Waals surface area contributed by atoms with Gasteiger partial charge in [-0.05, 0) is 79.8 Å². The van der Waals surface area contributed by atoms with Gasteiger partial charge < -0.3 is 14.9 Å². The zero-order valence-electron chi connectivity index (χ0n) is 14.2. The zero-order valence-corrected chi connectivity index (χ0v) is 14.2. The Labute approximate surface area is 133 Å². The number of hydrogen-bond acceptors (Lipinski definition) is 3. The molecule has 1 aliphatic heterocycles. The lowest BCUT2D eigenvalue weighted by atomic mass is 9.49. The quantitative estimate of drug-likeness (QED) is 0.676. The molecular formula is C19H30O3. The monoisotopic (exact) mass is 306 g/mol. The summed E-state index contributed by atoms with van der Waals surface area (Å²) in [6, 6.07) is 0. The molecular weight excluding hydrogens is 276 g/mol. The highest BCUT2D eigenvalue weighted by atomic mass is 16.5. The molecule has 0 radical (unpaired) electrons. The number of fused-ring (bicyclic) bond motifs is 5. The second kappa shape index (κ2) is 4.58. The fourth-order valence-electron chi connectivity index (χ4n) is 6.25. The van der Waals surface area contributed by atoms with Crippen molar-refractivity contribution in [3.05, 3.63) is 11.1 Å². The van der Waals surface area contributed by atoms with Crippen LogP contribution in [0.5, 0.6) is 0 Å². The van der Waals surface area contributed by atoms with Crippen LogP contribution in [-0.4, -0.2) is 34.6 Å². The number of aliphatic hydroxyl groups excluding tert-OH is 1. The predicted octanol–water partition coefficient (Wildman–Crippen LogP) is 3.19. The van der Waals surface area contributed by atoms with Crippen LogP contribution >= 0.6 is 0 Å². The normalized spacial score (nSPS) is 54.7. The van der Waals surface area contributed by atoms with Gasteiger partial charge in [0.05, 0.1) is 17.8 Å². The van der Waals surface area contributed by atoms with Gasteiger partial charge in [0.15, 0.2) is 0 Å². The van der Waals surface area contributed by atoms with E-state index in [2.05, 4.69) is 13.8 Å². The van der Waals surface area contributed by atoms with Crippen molar-refractivity contribution in [1.29, 1.82) is 0 Å². The molecule has 6 atom stereocenters. The highest BCUT2D eigenvalue weighted by Crippen LogP contribution is 2.62. The lowest BCUT2D eigenvalue weighted by Crippen LogP contribution is -2.57. The van der Waals surface area contributed by atoms with Gasteiger partial charge in [-0.25, -0.2) is 0 Å². The van der Waals surface area contributed by atoms with Crippen molar-refractivity contribution in [2.24, 2.45) is 16.7 Å². The van der Waals surface area contributed by atoms with Gasteiger partial charge in [-0.3, -0.25) is 0 Å². The van der Waals surface area contributed by atoms with E-state index in [1.807, 2.05) is 6.92 Å². The van der Waals surface area contributed by atoms with E-state index >= 15 is 0 Å². The van der Waals surface area contributed by atoms with Crippen LogP contribution in [0.25, 0.3) is 0 Å². The second-order valence-corrected chi connectivity index (χ2v) is 9.17. The maximum Gasteiger partial charge on any atom is 0.0799 e. The van der Waals surface area contributed by atoms with Crippen molar-refractivity contribution in [3.8, 4) is 0 Å². The van der Waals surface area contributed by atoms with Gasteiger partial charge in [-0.1, -0.05) is 13.8 Å². The standard InChI is InChI=1S/C19H30O3/c1-17-7-8-22-14(11-17)16-12(10-17)13(20)9-15-18(16,2)5-4-6-19(15,3)21/h13-15,20-21H,4-11H2,1-3H3/t13-,14+,15+,17+,18-,19+/m0/s1. The van der Waals surface area contributed by atoms with Crippen molar-refractivity contribution in [2.75, 3.05) is 6.61 Å². The maximum absolute atomic E-state index is 10.9. The number of aliphatic hydroxyl groups is 2. The topological polar surface area (TPSA) is 49.7 Å². The van der Waals surface area contributed by atoms with E-state index in [0.717, 1.165) is 45.1 Å². The predicted molar refractivity (Wildman–Crippen MR) is 85.4 cm³/mol. The first-order valence-corrected chi connectivity index (χ1v) is 9.01. The van der Waals surface area contributed by atoms with E-state index in [1.165, 1.54) is 11.1 Å². The molecule has 22 heavy (non-hydrogen) atoms. The average Bonchev–Trinajstić information content (AvgIpc) is 2.40. The van der Waals surface area contributed by atoms with Crippen molar-refractivity contribution in [1.82, 2.24) is 0 Å². The molecule has 0 amide bonds. The Bertz CT molecular complexity index is 523. The summed E-state index contributed by atoms with van der Waals surface area (Å²) < 4.78 is 6.16. The molecule has 3 aliphatic carbocycles. The van der Waals surface area contributed by atoms with Crippen LogP contribution in [0, 0.1) is 16.7 Å². The van der Waals surface area contributed by atoms with Gasteiger partial charge in [0.1, 0.15) is 0 Å². The molecule has 1 saturated carbocycles. The zero-order chi connectivity index (χ0) is 15.8. The third-order valence-electron chi connectivity index (χ3n) is 7.36. The molecule has 0 aromatic heterocycles. The van der Waals surface area contributed by atoms with Crippen LogP contribution in [-0.2, 0) is 4.74 Å². The van der Waals surface area contributed by atoms with Gasteiger partial charge in [0, 0.05) is 6.61 Å². The van der Waals surface area contributed by atoms with Crippen molar-refractivity contribution in [3.63, 3.8) is 0 Å². The first-order valence-electron chi connectivity index (χ1n) is 9.01. The third kappa shape index (κ3) is 1.98. The maximum atomic E-state index is 10.9. The lowest BCUT2D eigenvalue weighted by Gasteiger charge is -2.59. The minimum Gasteiger partial charge on any atom is -0.390 e. The van der Waals surface area contributed by atoms with E-state index in [0.29, 0.717) is 11.8 Å². The van der Waals surface area contributed by atoms with Gasteiger partial charge in [0.2, 0.25) is 0 Å². The molecule has 0 unspecified atom stereocenters. The summed E-state index contributed by atoms with van der Waals surface area (Å²) in [5.74, 6) is 0.150. The molecule has 2 bridgehead atoms. The summed E-state index contributed by atoms with van der Waals surface area (Å²) in [5, 5.41) is 21.8. The summed E-state index contributed by atoms with van der Waals surface area (Å²) in [6.07, 6.45) is 6.74. The molecule has 4 rings (SSSR count). The van der Waals surface area contributed by atoms with E-state index in [9.17, 15) is 10.2 Å². The SMILES string of the molecule is C[C@]12CCO[C@H](C1)C1=C(C2)[C@@H](O)C[C@H]2[C@](C)(O)CCC[C@]12C. The van der Waals surface area contributed by atoms with E-state index in [1.54, 1.807) is 0 Å². The van der Waals surface area contributed by atoms with E-state index in [4.69, 9.17) is 4.74 Å². The third-order valence-corrected chi connectivity index (χ3v) is 7.36. The fourth-order valence-corrected chi connectivity index (χ4v) is 6.25. The highest BCUT2D eigenvalue weighted by molar-refractivity contribution is 5.38. The largest absolute Gasteiger partial charge is 0.390 e. The van der Waals surface area contributed by atoms with Crippen LogP contribution < -0.4 is 0 Å². The summed E-state index contributed by atoms with van der Waals surface area (Å²) in [5.41, 5.74) is 2.26. The summed E-state index contributed by atoms with van der Waals surface area (Å²) in [4.78, 5) is 0. The molecule has 124 valence electrons. The van der Waals surface area contributed by atoms with Crippen LogP contribution in [0.4, 0.5) is 0 Å². The first-order chi connectivity index (χ1) is 10.3. The Morgan fingerprint density at radius 3 is 2.68 bits per heavy atom. The van der Waals surface area contributed by atoms with Gasteiger partial charge >= 0.3 is 0 Å². The van der Waals surface area contributed by atoms with Crippen molar-refractivity contribution in [2.45, 2.75) is 83.5 Å². The van der Waals surface area contributed by atoms with Crippen LogP contribution in [0.2, 0.25) is 0 Å². The van der Waals surface area contributed by atoms with Gasteiger partial charge in [-0.2, -0.15) is 0 Å². The Morgan fingerprint density at radius 1 is 1.14 bits per heavy atom. The van der Waals surface area contributed by atoms with Crippen LogP contribution in [0.3, 0.4) is 0 Å². The minimum atomic E-state index is -0.665. The number of hydrogen-bond donors (Lipinski definition) is 2. The van der Waals surface area contributed by atoms with Gasteiger partial charge in [-0.15, -0.1) is 0 Å². The second-order valence-electron chi connectivity index (χ2n) is 9.17. The molecule has 0 aromatic carbocycles. The van der Waals surface area contributed by atoms with Gasteiger partial charge in [0.25, 0.3) is 0 Å². The van der Waals surface area contributed by atoms with E-state index in [-0.39, 0.29) is 23.5 Å². The minimum absolute atomic E-state index is 0.000347. The molecule has 2 fully saturated rings. The molecule has 0 spiro atoms. The van der Waals surface area contributed by atoms with Crippen molar-refractivity contribution >= 4 is 0 Å². The Balaban J connectivity index is 1.84. The molecule has 3 heteroatoms. The van der Waals surface area contributed by atoms with Crippen molar-refractivity contribution < 1.29 is 14.9 Å². The highest BCUT2D eigenvalue weighted by Gasteiger charge is 2.58. The number of rotatable bonds is 0. The lowest BCUT2D eigenvalue weighted by molar-refractivity contribution is -0.127. The fraction of sp³-hybridized carbons (Fsp3) is 0.895. The first kappa shape index (κ1) is 15.2. The summed E-state index contributed by atoms with van der Waals surface area (Å²) in [7, 11) is 0. The van der Waals surface area contributed by atoms with Crippen LogP contribution in [0.15, 0.2) is 11.1 Å². The Hall–Kier alpha value is -0.380. The molecule has 0 aromatic rings. The number of ether oxygens (including phenoxy) is 1. The Morgan fingerprint density at radius 2 is 1.91 bits per heavy atom. The van der Waals surface area contributed by atoms with Crippen LogP contribution in [0.1, 0.15) is 65.7 Å². The molecule has 4 aliphatic rings. The van der Waals surface area contributed by atoms with E-state index < -0.39 is 5.60 Å². The summed E-state index contributed by atoms with van der Waals surface area (Å²) in [6.45, 7) is 7.49.